The maximum absolute atomic E-state index is 12.3. The van der Waals surface area contributed by atoms with Crippen molar-refractivity contribution in [2.45, 2.75) is 44.2 Å². The fraction of sp³-hybridized carbons (Fsp3) is 0.450. The van der Waals surface area contributed by atoms with Crippen LogP contribution in [0.15, 0.2) is 36.7 Å². The van der Waals surface area contributed by atoms with Crippen molar-refractivity contribution < 1.29 is 19.0 Å². The van der Waals surface area contributed by atoms with Crippen molar-refractivity contribution in [3.8, 4) is 17.5 Å². The van der Waals surface area contributed by atoms with Crippen LogP contribution in [0.4, 0.5) is 0 Å². The lowest BCUT2D eigenvalue weighted by Crippen LogP contribution is -2.40. The Labute approximate surface area is 159 Å². The maximum atomic E-state index is 12.3. The summed E-state index contributed by atoms with van der Waals surface area (Å²) in [4.78, 5) is 20.5. The van der Waals surface area contributed by atoms with Crippen LogP contribution in [-0.4, -0.2) is 42.2 Å². The van der Waals surface area contributed by atoms with Gasteiger partial charge in [0.2, 0.25) is 17.7 Å². The zero-order chi connectivity index (χ0) is 19.1. The summed E-state index contributed by atoms with van der Waals surface area (Å²) in [7, 11) is 3.18. The molecule has 0 radical (unpaired) electrons. The van der Waals surface area contributed by atoms with Crippen LogP contribution in [0.5, 0.6) is 17.5 Å². The van der Waals surface area contributed by atoms with Gasteiger partial charge in [-0.15, -0.1) is 0 Å². The van der Waals surface area contributed by atoms with E-state index in [1.165, 1.54) is 0 Å². The normalized spacial score (nSPS) is 19.2. The number of nitrogens with zero attached hydrogens (tertiary/aromatic N) is 2. The fourth-order valence-corrected chi connectivity index (χ4v) is 3.19. The number of ether oxygens (including phenoxy) is 3. The first-order valence-electron chi connectivity index (χ1n) is 9.11. The first-order chi connectivity index (χ1) is 13.2. The molecule has 1 fully saturated rings. The third-order valence-corrected chi connectivity index (χ3v) is 4.65. The minimum absolute atomic E-state index is 0.0446. The molecule has 0 unspecified atom stereocenters. The number of nitrogens with one attached hydrogen (secondary N) is 1. The van der Waals surface area contributed by atoms with E-state index in [4.69, 9.17) is 14.2 Å². The van der Waals surface area contributed by atoms with Crippen molar-refractivity contribution in [2.75, 3.05) is 14.2 Å². The number of hydrogen-bond donors (Lipinski definition) is 1. The zero-order valence-electron chi connectivity index (χ0n) is 15.7. The Morgan fingerprint density at radius 1 is 1.04 bits per heavy atom. The standard InChI is InChI=1S/C20H25N3O4/c1-25-16-7-3-14(4-8-16)11-18(24)22-15-5-9-17(10-6-15)27-20-13-21-12-19(23-20)26-2/h3-4,7-8,12-13,15,17H,5-6,9-11H2,1-2H3,(H,22,24). The summed E-state index contributed by atoms with van der Waals surface area (Å²) in [6, 6.07) is 7.75. The van der Waals surface area contributed by atoms with Crippen LogP contribution >= 0.6 is 0 Å². The second-order valence-corrected chi connectivity index (χ2v) is 6.58. The first-order valence-corrected chi connectivity index (χ1v) is 9.11. The summed E-state index contributed by atoms with van der Waals surface area (Å²) < 4.78 is 16.1. The molecule has 1 saturated carbocycles. The predicted molar refractivity (Wildman–Crippen MR) is 100 cm³/mol. The zero-order valence-corrected chi connectivity index (χ0v) is 15.7. The molecular formula is C20H25N3O4. The van der Waals surface area contributed by atoms with E-state index in [2.05, 4.69) is 15.3 Å². The Kier molecular flexibility index (Phi) is 6.46. The molecule has 27 heavy (non-hydrogen) atoms. The minimum Gasteiger partial charge on any atom is -0.497 e. The summed E-state index contributed by atoms with van der Waals surface area (Å²) in [6.07, 6.45) is 7.10. The highest BCUT2D eigenvalue weighted by molar-refractivity contribution is 5.78. The maximum Gasteiger partial charge on any atom is 0.235 e. The fourth-order valence-electron chi connectivity index (χ4n) is 3.19. The average molecular weight is 371 g/mol. The number of benzene rings is 1. The summed E-state index contributed by atoms with van der Waals surface area (Å²) in [5, 5.41) is 3.12. The van der Waals surface area contributed by atoms with Crippen LogP contribution in [0.25, 0.3) is 0 Å². The monoisotopic (exact) mass is 371 g/mol. The number of carbonyl (C=O) groups is 1. The summed E-state index contributed by atoms with van der Waals surface area (Å²) in [6.45, 7) is 0. The van der Waals surface area contributed by atoms with Crippen molar-refractivity contribution in [3.63, 3.8) is 0 Å². The van der Waals surface area contributed by atoms with E-state index in [1.807, 2.05) is 24.3 Å². The molecule has 2 aromatic rings. The number of methoxy groups -OCH3 is 2. The van der Waals surface area contributed by atoms with Gasteiger partial charge in [0.25, 0.3) is 0 Å². The Balaban J connectivity index is 1.42. The predicted octanol–water partition coefficient (Wildman–Crippen LogP) is 2.54. The number of hydrogen-bond acceptors (Lipinski definition) is 6. The van der Waals surface area contributed by atoms with Gasteiger partial charge in [0.05, 0.1) is 33.0 Å². The molecule has 1 amide bonds. The van der Waals surface area contributed by atoms with Gasteiger partial charge in [-0.1, -0.05) is 12.1 Å². The molecule has 7 nitrogen and oxygen atoms in total. The molecule has 144 valence electrons. The molecule has 1 aromatic carbocycles. The molecule has 0 atom stereocenters. The van der Waals surface area contributed by atoms with Crippen molar-refractivity contribution in [1.29, 1.82) is 0 Å². The van der Waals surface area contributed by atoms with E-state index in [0.29, 0.717) is 18.2 Å². The number of aromatic nitrogens is 2. The van der Waals surface area contributed by atoms with E-state index in [0.717, 1.165) is 37.0 Å². The highest BCUT2D eigenvalue weighted by Crippen LogP contribution is 2.23. The molecule has 0 spiro atoms. The van der Waals surface area contributed by atoms with Crippen LogP contribution < -0.4 is 19.5 Å². The number of amides is 1. The third kappa shape index (κ3) is 5.57. The lowest BCUT2D eigenvalue weighted by molar-refractivity contribution is -0.121. The van der Waals surface area contributed by atoms with Crippen molar-refractivity contribution in [2.24, 2.45) is 0 Å². The molecule has 1 aliphatic carbocycles. The molecule has 1 heterocycles. The minimum atomic E-state index is 0.0446. The Bertz CT molecular complexity index is 743. The summed E-state index contributed by atoms with van der Waals surface area (Å²) in [5.41, 5.74) is 0.974. The second kappa shape index (κ2) is 9.21. The van der Waals surface area contributed by atoms with Crippen molar-refractivity contribution in [1.82, 2.24) is 15.3 Å². The van der Waals surface area contributed by atoms with Gasteiger partial charge in [-0.3, -0.25) is 9.78 Å². The van der Waals surface area contributed by atoms with Gasteiger partial charge < -0.3 is 19.5 Å². The highest BCUT2D eigenvalue weighted by atomic mass is 16.5. The van der Waals surface area contributed by atoms with E-state index in [9.17, 15) is 4.79 Å². The average Bonchev–Trinajstić information content (AvgIpc) is 2.70. The van der Waals surface area contributed by atoms with Crippen LogP contribution in [0.1, 0.15) is 31.2 Å². The Morgan fingerprint density at radius 3 is 2.41 bits per heavy atom. The second-order valence-electron chi connectivity index (χ2n) is 6.58. The number of rotatable bonds is 7. The Hall–Kier alpha value is -2.83. The van der Waals surface area contributed by atoms with Crippen LogP contribution in [-0.2, 0) is 11.2 Å². The molecule has 3 rings (SSSR count). The van der Waals surface area contributed by atoms with Crippen molar-refractivity contribution >= 4 is 5.91 Å². The molecule has 1 aromatic heterocycles. The van der Waals surface area contributed by atoms with Crippen molar-refractivity contribution in [3.05, 3.63) is 42.2 Å². The number of carbonyl (C=O) groups excluding carboxylic acids is 1. The van der Waals surface area contributed by atoms with E-state index in [-0.39, 0.29) is 18.1 Å². The third-order valence-electron chi connectivity index (χ3n) is 4.65. The van der Waals surface area contributed by atoms with Gasteiger partial charge in [0.1, 0.15) is 11.9 Å². The molecular weight excluding hydrogens is 346 g/mol. The van der Waals surface area contributed by atoms with E-state index < -0.39 is 0 Å². The largest absolute Gasteiger partial charge is 0.497 e. The van der Waals surface area contributed by atoms with Crippen LogP contribution in [0.2, 0.25) is 0 Å². The van der Waals surface area contributed by atoms with Gasteiger partial charge >= 0.3 is 0 Å². The topological polar surface area (TPSA) is 82.6 Å². The lowest BCUT2D eigenvalue weighted by Gasteiger charge is -2.29. The molecule has 0 saturated heterocycles. The van der Waals surface area contributed by atoms with Gasteiger partial charge in [-0.2, -0.15) is 4.98 Å². The molecule has 1 aliphatic rings. The molecule has 1 N–H and O–H groups in total. The molecule has 0 bridgehead atoms. The van der Waals surface area contributed by atoms with E-state index >= 15 is 0 Å². The molecule has 0 aliphatic heterocycles. The molecule has 7 heteroatoms. The Morgan fingerprint density at radius 2 is 1.74 bits per heavy atom. The van der Waals surface area contributed by atoms with Gasteiger partial charge in [0, 0.05) is 6.04 Å². The summed E-state index contributed by atoms with van der Waals surface area (Å²) >= 11 is 0. The SMILES string of the molecule is COc1ccc(CC(=O)NC2CCC(Oc3cncc(OC)n3)CC2)cc1. The van der Waals surface area contributed by atoms with Gasteiger partial charge in [-0.25, -0.2) is 0 Å². The summed E-state index contributed by atoms with van der Waals surface area (Å²) in [5.74, 6) is 1.75. The van der Waals surface area contributed by atoms with Gasteiger partial charge in [0.15, 0.2) is 0 Å². The van der Waals surface area contributed by atoms with Crippen LogP contribution in [0.3, 0.4) is 0 Å². The smallest absolute Gasteiger partial charge is 0.235 e. The van der Waals surface area contributed by atoms with E-state index in [1.54, 1.807) is 26.6 Å². The quantitative estimate of drug-likeness (QED) is 0.805. The van der Waals surface area contributed by atoms with Gasteiger partial charge in [-0.05, 0) is 43.4 Å². The first kappa shape index (κ1) is 18.9. The highest BCUT2D eigenvalue weighted by Gasteiger charge is 2.24. The van der Waals surface area contributed by atoms with Crippen LogP contribution in [0, 0.1) is 0 Å². The lowest BCUT2D eigenvalue weighted by atomic mass is 9.92.